The standard InChI is InChI=1S/C16H20N2O5/c1-14(2)15(3)8-9-16(14,23-13(15)20)12(19)17-10-6-4-5-7-11(10)18(21)22/h4-7,18,21H,8-9H2,1-3H3,(H,17,19)/t15-,16+/m0/s1. The summed E-state index contributed by atoms with van der Waals surface area (Å²) in [5.74, 6) is -0.832. The van der Waals surface area contributed by atoms with Crippen LogP contribution in [0.1, 0.15) is 33.6 Å². The van der Waals surface area contributed by atoms with Gasteiger partial charge in [-0.2, -0.15) is 5.23 Å². The molecule has 1 saturated heterocycles. The minimum absolute atomic E-state index is 0.000128. The van der Waals surface area contributed by atoms with E-state index in [9.17, 15) is 20.0 Å². The molecule has 1 heterocycles. The molecule has 124 valence electrons. The van der Waals surface area contributed by atoms with E-state index in [1.165, 1.54) is 12.1 Å². The number of carbonyl (C=O) groups is 2. The van der Waals surface area contributed by atoms with Crippen LogP contribution in [-0.2, 0) is 14.3 Å². The Morgan fingerprint density at radius 2 is 1.96 bits per heavy atom. The summed E-state index contributed by atoms with van der Waals surface area (Å²) in [6.07, 6.45) is 1.01. The quantitative estimate of drug-likeness (QED) is 0.572. The Balaban J connectivity index is 1.95. The van der Waals surface area contributed by atoms with E-state index in [0.717, 1.165) is 0 Å². The molecule has 1 aliphatic carbocycles. The zero-order valence-corrected chi connectivity index (χ0v) is 13.3. The van der Waals surface area contributed by atoms with Crippen molar-refractivity contribution in [3.63, 3.8) is 0 Å². The summed E-state index contributed by atoms with van der Waals surface area (Å²) in [6.45, 7) is 5.53. The fourth-order valence-electron chi connectivity index (χ4n) is 3.75. The van der Waals surface area contributed by atoms with Crippen molar-refractivity contribution < 1.29 is 24.8 Å². The topological polar surface area (TPSA) is 103 Å². The molecule has 2 fully saturated rings. The number of rotatable bonds is 3. The second-order valence-electron chi connectivity index (χ2n) is 6.98. The van der Waals surface area contributed by atoms with Gasteiger partial charge in [0.05, 0.1) is 5.41 Å². The van der Waals surface area contributed by atoms with Crippen LogP contribution in [0.15, 0.2) is 24.3 Å². The third kappa shape index (κ3) is 1.87. The smallest absolute Gasteiger partial charge is 0.313 e. The first-order chi connectivity index (χ1) is 10.7. The van der Waals surface area contributed by atoms with Gasteiger partial charge in [0, 0.05) is 11.5 Å². The van der Waals surface area contributed by atoms with Gasteiger partial charge >= 0.3 is 5.97 Å². The van der Waals surface area contributed by atoms with Crippen molar-refractivity contribution in [2.75, 3.05) is 5.32 Å². The molecule has 1 amide bonds. The highest BCUT2D eigenvalue weighted by Gasteiger charge is 2.75. The predicted molar refractivity (Wildman–Crippen MR) is 80.8 cm³/mol. The van der Waals surface area contributed by atoms with Crippen molar-refractivity contribution in [3.05, 3.63) is 29.5 Å². The molecule has 3 N–H and O–H groups in total. The van der Waals surface area contributed by atoms with Crippen LogP contribution in [0, 0.1) is 16.0 Å². The first-order valence-electron chi connectivity index (χ1n) is 7.53. The van der Waals surface area contributed by atoms with Gasteiger partial charge in [-0.15, -0.1) is 0 Å². The average molecular weight is 320 g/mol. The zero-order valence-electron chi connectivity index (χ0n) is 13.3. The highest BCUT2D eigenvalue weighted by Crippen LogP contribution is 2.65. The summed E-state index contributed by atoms with van der Waals surface area (Å²) in [6, 6.07) is 6.17. The summed E-state index contributed by atoms with van der Waals surface area (Å²) in [5.41, 5.74) is -2.42. The summed E-state index contributed by atoms with van der Waals surface area (Å²) >= 11 is 0. The second kappa shape index (κ2) is 4.77. The van der Waals surface area contributed by atoms with E-state index in [0.29, 0.717) is 12.8 Å². The van der Waals surface area contributed by atoms with E-state index in [1.54, 1.807) is 12.1 Å². The van der Waals surface area contributed by atoms with Crippen LogP contribution in [0.4, 0.5) is 11.4 Å². The molecule has 3 rings (SSSR count). The van der Waals surface area contributed by atoms with Crippen LogP contribution in [-0.4, -0.2) is 22.7 Å². The maximum atomic E-state index is 12.9. The van der Waals surface area contributed by atoms with Crippen molar-refractivity contribution >= 4 is 23.3 Å². The second-order valence-corrected chi connectivity index (χ2v) is 6.98. The van der Waals surface area contributed by atoms with E-state index < -0.39 is 27.6 Å². The number of esters is 1. The van der Waals surface area contributed by atoms with Gasteiger partial charge in [0.15, 0.2) is 11.3 Å². The highest BCUT2D eigenvalue weighted by atomic mass is 16.8. The Kier molecular flexibility index (Phi) is 3.30. The van der Waals surface area contributed by atoms with Crippen molar-refractivity contribution in [2.45, 2.75) is 39.2 Å². The van der Waals surface area contributed by atoms with Gasteiger partial charge in [-0.1, -0.05) is 26.0 Å². The molecule has 0 spiro atoms. The van der Waals surface area contributed by atoms with E-state index >= 15 is 0 Å². The number of hydrogen-bond acceptors (Lipinski definition) is 5. The number of anilines is 1. The van der Waals surface area contributed by atoms with Gasteiger partial charge < -0.3 is 15.3 Å². The van der Waals surface area contributed by atoms with Gasteiger partial charge in [-0.3, -0.25) is 9.59 Å². The number of ether oxygens (including phenoxy) is 1. The highest BCUT2D eigenvalue weighted by molar-refractivity contribution is 6.04. The zero-order chi connectivity index (χ0) is 17.0. The molecule has 3 atom stereocenters. The molecule has 7 nitrogen and oxygen atoms in total. The van der Waals surface area contributed by atoms with Crippen LogP contribution < -0.4 is 10.5 Å². The first-order valence-corrected chi connectivity index (χ1v) is 7.53. The average Bonchev–Trinajstić information content (AvgIpc) is 2.78. The van der Waals surface area contributed by atoms with Gasteiger partial charge in [0.25, 0.3) is 5.91 Å². The van der Waals surface area contributed by atoms with Crippen LogP contribution in [0.25, 0.3) is 0 Å². The Morgan fingerprint density at radius 1 is 1.30 bits per heavy atom. The summed E-state index contributed by atoms with van der Waals surface area (Å²) in [4.78, 5) is 25.1. The third-order valence-corrected chi connectivity index (χ3v) is 5.86. The van der Waals surface area contributed by atoms with Crippen LogP contribution in [0.2, 0.25) is 0 Å². The lowest BCUT2D eigenvalue weighted by atomic mass is 9.66. The number of hydrogen-bond donors (Lipinski definition) is 3. The molecule has 1 aromatic rings. The number of nitrogens with one attached hydrogen (secondary N) is 2. The van der Waals surface area contributed by atoms with Crippen LogP contribution in [0.3, 0.4) is 0 Å². The minimum Gasteiger partial charge on any atom is -0.595 e. The molecule has 1 aromatic carbocycles. The number of benzene rings is 1. The monoisotopic (exact) mass is 320 g/mol. The van der Waals surface area contributed by atoms with E-state index in [1.807, 2.05) is 20.8 Å². The van der Waals surface area contributed by atoms with E-state index in [4.69, 9.17) is 4.74 Å². The maximum absolute atomic E-state index is 12.9. The Bertz CT molecular complexity index is 687. The van der Waals surface area contributed by atoms with Crippen molar-refractivity contribution in [1.82, 2.24) is 0 Å². The molecule has 0 radical (unpaired) electrons. The molecule has 23 heavy (non-hydrogen) atoms. The summed E-state index contributed by atoms with van der Waals surface area (Å²) in [7, 11) is 0. The Hall–Kier alpha value is -1.96. The van der Waals surface area contributed by atoms with E-state index in [2.05, 4.69) is 5.32 Å². The van der Waals surface area contributed by atoms with Gasteiger partial charge in [0.1, 0.15) is 5.69 Å². The molecule has 0 aromatic heterocycles. The fourth-order valence-corrected chi connectivity index (χ4v) is 3.75. The molecule has 1 aliphatic heterocycles. The SMILES string of the molecule is CC1(C)[C@@]2(C)CC[C@]1(C(=O)Nc1ccccc1[NH+]([O-])O)OC2=O. The van der Waals surface area contributed by atoms with Gasteiger partial charge in [-0.25, -0.2) is 5.21 Å². The van der Waals surface area contributed by atoms with E-state index in [-0.39, 0.29) is 17.3 Å². The molecule has 1 unspecified atom stereocenters. The predicted octanol–water partition coefficient (Wildman–Crippen LogP) is 1.15. The molecule has 2 bridgehead atoms. The number of quaternary nitrogens is 1. The molecule has 1 saturated carbocycles. The van der Waals surface area contributed by atoms with Gasteiger partial charge in [-0.05, 0) is 25.8 Å². The number of amides is 1. The van der Waals surface area contributed by atoms with Crippen molar-refractivity contribution in [3.8, 4) is 0 Å². The lowest BCUT2D eigenvalue weighted by molar-refractivity contribution is -0.990. The first kappa shape index (κ1) is 15.9. The van der Waals surface area contributed by atoms with Gasteiger partial charge in [0.2, 0.25) is 0 Å². The summed E-state index contributed by atoms with van der Waals surface area (Å²) < 4.78 is 5.50. The molecular formula is C16H20N2O5. The largest absolute Gasteiger partial charge is 0.595 e. The number of fused-ring (bicyclic) bond motifs is 2. The Morgan fingerprint density at radius 3 is 2.48 bits per heavy atom. The number of para-hydroxylation sites is 2. The third-order valence-electron chi connectivity index (χ3n) is 5.86. The van der Waals surface area contributed by atoms with Crippen LogP contribution >= 0.6 is 0 Å². The fraction of sp³-hybridized carbons (Fsp3) is 0.500. The van der Waals surface area contributed by atoms with Crippen molar-refractivity contribution in [2.24, 2.45) is 10.8 Å². The minimum atomic E-state index is -1.26. The molecule has 2 aliphatic rings. The molecule has 7 heteroatoms. The lowest BCUT2D eigenvalue weighted by Crippen LogP contribution is -2.99. The summed E-state index contributed by atoms with van der Waals surface area (Å²) in [5, 5.41) is 22.0. The normalized spacial score (nSPS) is 32.5. The van der Waals surface area contributed by atoms with Crippen molar-refractivity contribution in [1.29, 1.82) is 0 Å². The maximum Gasteiger partial charge on any atom is 0.313 e. The lowest BCUT2D eigenvalue weighted by Gasteiger charge is -2.35. The molecular weight excluding hydrogens is 300 g/mol. The van der Waals surface area contributed by atoms with Crippen LogP contribution in [0.5, 0.6) is 0 Å². The number of carbonyl (C=O) groups excluding carboxylic acids is 2. The Labute approximate surface area is 133 Å².